The van der Waals surface area contributed by atoms with E-state index in [1.54, 1.807) is 0 Å². The lowest BCUT2D eigenvalue weighted by atomic mass is 10.0. The van der Waals surface area contributed by atoms with Gasteiger partial charge in [-0.25, -0.2) is 4.98 Å². The molecule has 1 N–H and O–H groups in total. The van der Waals surface area contributed by atoms with Gasteiger partial charge in [0.25, 0.3) is 0 Å². The Morgan fingerprint density at radius 3 is 2.89 bits per heavy atom. The van der Waals surface area contributed by atoms with Gasteiger partial charge in [0.1, 0.15) is 5.52 Å². The summed E-state index contributed by atoms with van der Waals surface area (Å²) in [6.07, 6.45) is 2.51. The summed E-state index contributed by atoms with van der Waals surface area (Å²) in [6, 6.07) is 6.23. The van der Waals surface area contributed by atoms with Gasteiger partial charge in [-0.15, -0.1) is 0 Å². The van der Waals surface area contributed by atoms with Crippen molar-refractivity contribution in [2.75, 3.05) is 27.2 Å². The van der Waals surface area contributed by atoms with Crippen LogP contribution >= 0.6 is 0 Å². The van der Waals surface area contributed by atoms with E-state index >= 15 is 0 Å². The highest BCUT2D eigenvalue weighted by Crippen LogP contribution is 2.16. The van der Waals surface area contributed by atoms with E-state index in [1.165, 1.54) is 12.0 Å². The molecule has 0 aliphatic rings. The lowest BCUT2D eigenvalue weighted by molar-refractivity contribution is 0.157. The minimum absolute atomic E-state index is 0.158. The highest BCUT2D eigenvalue weighted by atomic mass is 16.3. The number of likely N-dealkylation sites (N-methyl/N-ethyl adjacent to an activating group) is 2. The molecule has 0 aliphatic heterocycles. The second kappa shape index (κ2) is 5.72. The fourth-order valence-electron chi connectivity index (χ4n) is 2.22. The zero-order valence-electron chi connectivity index (χ0n) is 12.2. The number of rotatable bonds is 6. The van der Waals surface area contributed by atoms with Crippen LogP contribution in [0.25, 0.3) is 11.1 Å². The first-order valence-electron chi connectivity index (χ1n) is 6.71. The molecule has 0 fully saturated rings. The zero-order chi connectivity index (χ0) is 13.9. The van der Waals surface area contributed by atoms with Crippen molar-refractivity contribution in [3.05, 3.63) is 30.2 Å². The Morgan fingerprint density at radius 2 is 2.16 bits per heavy atom. The second-order valence-corrected chi connectivity index (χ2v) is 5.67. The molecule has 0 saturated heterocycles. The molecule has 0 unspecified atom stereocenters. The number of hydrogen-bond acceptors (Lipinski definition) is 4. The van der Waals surface area contributed by atoms with Crippen LogP contribution in [0.2, 0.25) is 0 Å². The van der Waals surface area contributed by atoms with Crippen LogP contribution in [0.3, 0.4) is 0 Å². The first kappa shape index (κ1) is 14.0. The van der Waals surface area contributed by atoms with Crippen LogP contribution in [0.15, 0.2) is 29.0 Å². The van der Waals surface area contributed by atoms with Gasteiger partial charge in [0, 0.05) is 18.6 Å². The van der Waals surface area contributed by atoms with Crippen molar-refractivity contribution < 1.29 is 4.42 Å². The van der Waals surface area contributed by atoms with Crippen LogP contribution in [-0.2, 0) is 6.42 Å². The van der Waals surface area contributed by atoms with E-state index in [-0.39, 0.29) is 5.54 Å². The van der Waals surface area contributed by atoms with Gasteiger partial charge in [0.15, 0.2) is 12.0 Å². The van der Waals surface area contributed by atoms with Crippen molar-refractivity contribution in [2.45, 2.75) is 25.8 Å². The predicted octanol–water partition coefficient (Wildman–Crippen LogP) is 2.30. The molecule has 104 valence electrons. The van der Waals surface area contributed by atoms with Crippen LogP contribution in [-0.4, -0.2) is 42.6 Å². The molecule has 0 amide bonds. The molecule has 0 bridgehead atoms. The molecule has 0 spiro atoms. The van der Waals surface area contributed by atoms with E-state index in [1.807, 2.05) is 13.1 Å². The Balaban J connectivity index is 1.97. The summed E-state index contributed by atoms with van der Waals surface area (Å²) >= 11 is 0. The quantitative estimate of drug-likeness (QED) is 0.866. The van der Waals surface area contributed by atoms with Gasteiger partial charge in [-0.1, -0.05) is 6.07 Å². The molecule has 4 nitrogen and oxygen atoms in total. The predicted molar refractivity (Wildman–Crippen MR) is 78.3 cm³/mol. The lowest BCUT2D eigenvalue weighted by Gasteiger charge is -2.35. The zero-order valence-corrected chi connectivity index (χ0v) is 12.2. The first-order chi connectivity index (χ1) is 9.03. The molecular formula is C15H23N3O. The van der Waals surface area contributed by atoms with Gasteiger partial charge in [0.2, 0.25) is 0 Å². The van der Waals surface area contributed by atoms with E-state index in [9.17, 15) is 0 Å². The van der Waals surface area contributed by atoms with Crippen molar-refractivity contribution >= 4 is 11.1 Å². The van der Waals surface area contributed by atoms with Gasteiger partial charge in [-0.3, -0.25) is 4.90 Å². The summed E-state index contributed by atoms with van der Waals surface area (Å²) in [5.74, 6) is 0. The summed E-state index contributed by atoms with van der Waals surface area (Å²) in [4.78, 5) is 6.52. The average Bonchev–Trinajstić information content (AvgIpc) is 2.83. The Labute approximate surface area is 114 Å². The third-order valence-corrected chi connectivity index (χ3v) is 3.77. The highest BCUT2D eigenvalue weighted by Gasteiger charge is 2.21. The number of nitrogens with zero attached hydrogens (tertiary/aromatic N) is 2. The molecule has 1 aromatic carbocycles. The van der Waals surface area contributed by atoms with Crippen LogP contribution in [0.1, 0.15) is 19.4 Å². The van der Waals surface area contributed by atoms with Crippen molar-refractivity contribution in [3.8, 4) is 0 Å². The Morgan fingerprint density at radius 1 is 1.37 bits per heavy atom. The van der Waals surface area contributed by atoms with Gasteiger partial charge in [0.05, 0.1) is 0 Å². The fraction of sp³-hybridized carbons (Fsp3) is 0.533. The monoisotopic (exact) mass is 261 g/mol. The lowest BCUT2D eigenvalue weighted by Crippen LogP contribution is -2.48. The van der Waals surface area contributed by atoms with Gasteiger partial charge < -0.3 is 9.73 Å². The Hall–Kier alpha value is -1.39. The Kier molecular flexibility index (Phi) is 4.22. The van der Waals surface area contributed by atoms with Crippen LogP contribution in [0.5, 0.6) is 0 Å². The van der Waals surface area contributed by atoms with Crippen molar-refractivity contribution in [1.29, 1.82) is 0 Å². The van der Waals surface area contributed by atoms with Gasteiger partial charge >= 0.3 is 0 Å². The van der Waals surface area contributed by atoms with Crippen LogP contribution in [0.4, 0.5) is 0 Å². The van der Waals surface area contributed by atoms with E-state index in [4.69, 9.17) is 4.42 Å². The van der Waals surface area contributed by atoms with Crippen LogP contribution in [0, 0.1) is 0 Å². The SMILES string of the molecule is CNCC(C)(C)N(C)CCc1ccc2ncoc2c1. The topological polar surface area (TPSA) is 41.3 Å². The summed E-state index contributed by atoms with van der Waals surface area (Å²) in [5, 5.41) is 3.24. The van der Waals surface area contributed by atoms with Crippen molar-refractivity contribution in [1.82, 2.24) is 15.2 Å². The van der Waals surface area contributed by atoms with E-state index in [2.05, 4.69) is 48.2 Å². The number of hydrogen-bond donors (Lipinski definition) is 1. The summed E-state index contributed by atoms with van der Waals surface area (Å²) in [7, 11) is 4.16. The molecule has 2 rings (SSSR count). The van der Waals surface area contributed by atoms with Gasteiger partial charge in [-0.2, -0.15) is 0 Å². The van der Waals surface area contributed by atoms with Crippen molar-refractivity contribution in [2.24, 2.45) is 0 Å². The maximum atomic E-state index is 5.34. The molecule has 4 heteroatoms. The molecule has 1 heterocycles. The number of aromatic nitrogens is 1. The Bertz CT molecular complexity index is 533. The minimum atomic E-state index is 0.158. The maximum Gasteiger partial charge on any atom is 0.181 e. The molecular weight excluding hydrogens is 238 g/mol. The third-order valence-electron chi connectivity index (χ3n) is 3.77. The first-order valence-corrected chi connectivity index (χ1v) is 6.71. The van der Waals surface area contributed by atoms with Crippen molar-refractivity contribution in [3.63, 3.8) is 0 Å². The minimum Gasteiger partial charge on any atom is -0.443 e. The number of fused-ring (bicyclic) bond motifs is 1. The molecule has 0 saturated carbocycles. The fourth-order valence-corrected chi connectivity index (χ4v) is 2.22. The molecule has 0 aliphatic carbocycles. The van der Waals surface area contributed by atoms with E-state index in [0.717, 1.165) is 30.6 Å². The standard InChI is InChI=1S/C15H23N3O/c1-15(2,10-16-3)18(4)8-7-12-5-6-13-14(9-12)19-11-17-13/h5-6,9,11,16H,7-8,10H2,1-4H3. The average molecular weight is 261 g/mol. The second-order valence-electron chi connectivity index (χ2n) is 5.67. The van der Waals surface area contributed by atoms with Gasteiger partial charge in [-0.05, 0) is 52.1 Å². The number of oxazole rings is 1. The van der Waals surface area contributed by atoms with E-state index in [0.29, 0.717) is 0 Å². The molecule has 1 aromatic heterocycles. The van der Waals surface area contributed by atoms with E-state index < -0.39 is 0 Å². The summed E-state index contributed by atoms with van der Waals surface area (Å²) < 4.78 is 5.34. The summed E-state index contributed by atoms with van der Waals surface area (Å²) in [5.41, 5.74) is 3.24. The summed E-state index contributed by atoms with van der Waals surface area (Å²) in [6.45, 7) is 6.51. The molecule has 0 atom stereocenters. The normalized spacial score (nSPS) is 12.5. The smallest absolute Gasteiger partial charge is 0.181 e. The highest BCUT2D eigenvalue weighted by molar-refractivity contribution is 5.72. The molecule has 19 heavy (non-hydrogen) atoms. The number of benzene rings is 1. The molecule has 0 radical (unpaired) electrons. The molecule has 2 aromatic rings. The largest absolute Gasteiger partial charge is 0.443 e. The maximum absolute atomic E-state index is 5.34. The third kappa shape index (κ3) is 3.33. The number of nitrogens with one attached hydrogen (secondary N) is 1. The van der Waals surface area contributed by atoms with Crippen LogP contribution < -0.4 is 5.32 Å².